The number of morpholine rings is 1. The summed E-state index contributed by atoms with van der Waals surface area (Å²) in [4.78, 5) is 2.37. The SMILES string of the molecule is Cc1ccccc1N=P1(N2CCOCC2)/C(=C2\N(C)c3ccccc3C2(C)C)C=NN1c1ccccc1. The van der Waals surface area contributed by atoms with E-state index >= 15 is 0 Å². The molecule has 0 aliphatic carbocycles. The maximum absolute atomic E-state index is 5.84. The quantitative estimate of drug-likeness (QED) is 0.351. The van der Waals surface area contributed by atoms with E-state index in [0.29, 0.717) is 13.2 Å². The maximum Gasteiger partial charge on any atom is 0.180 e. The lowest BCUT2D eigenvalue weighted by Gasteiger charge is -2.43. The first-order valence-electron chi connectivity index (χ1n) is 12.9. The van der Waals surface area contributed by atoms with Gasteiger partial charge in [-0.15, -0.1) is 0 Å². The molecule has 0 bridgehead atoms. The highest BCUT2D eigenvalue weighted by molar-refractivity contribution is 7.71. The third-order valence-corrected chi connectivity index (χ3v) is 11.2. The number of rotatable bonds is 3. The summed E-state index contributed by atoms with van der Waals surface area (Å²) in [5.74, 6) is 0. The monoisotopic (exact) mass is 511 g/mol. The lowest BCUT2D eigenvalue weighted by atomic mass is 9.84. The summed E-state index contributed by atoms with van der Waals surface area (Å²) in [6.45, 7) is 9.81. The summed E-state index contributed by atoms with van der Waals surface area (Å²) >= 11 is 0. The highest BCUT2D eigenvalue weighted by Crippen LogP contribution is 2.70. The van der Waals surface area contributed by atoms with Crippen LogP contribution in [0.15, 0.2) is 99.7 Å². The van der Waals surface area contributed by atoms with Gasteiger partial charge in [0, 0.05) is 36.9 Å². The van der Waals surface area contributed by atoms with E-state index in [4.69, 9.17) is 14.6 Å². The summed E-state index contributed by atoms with van der Waals surface area (Å²) in [6.07, 6.45) is 2.09. The van der Waals surface area contributed by atoms with Crippen LogP contribution >= 0.6 is 7.36 Å². The zero-order chi connectivity index (χ0) is 25.6. The van der Waals surface area contributed by atoms with E-state index in [1.165, 1.54) is 27.8 Å². The van der Waals surface area contributed by atoms with Crippen molar-refractivity contribution >= 4 is 30.6 Å². The Morgan fingerprint density at radius 1 is 0.892 bits per heavy atom. The summed E-state index contributed by atoms with van der Waals surface area (Å²) < 4.78 is 16.4. The van der Waals surface area contributed by atoms with Crippen molar-refractivity contribution in [2.45, 2.75) is 26.2 Å². The van der Waals surface area contributed by atoms with Gasteiger partial charge < -0.3 is 9.64 Å². The molecule has 1 atom stereocenters. The van der Waals surface area contributed by atoms with Crippen LogP contribution in [0.2, 0.25) is 0 Å². The molecule has 0 spiro atoms. The number of hydrogen-bond donors (Lipinski definition) is 0. The van der Waals surface area contributed by atoms with E-state index in [2.05, 4.69) is 127 Å². The normalized spacial score (nSPS) is 25.0. The zero-order valence-electron chi connectivity index (χ0n) is 22.0. The predicted octanol–water partition coefficient (Wildman–Crippen LogP) is 7.14. The van der Waals surface area contributed by atoms with Gasteiger partial charge >= 0.3 is 0 Å². The number of ether oxygens (including phenoxy) is 1. The van der Waals surface area contributed by atoms with Crippen molar-refractivity contribution in [1.29, 1.82) is 0 Å². The first-order chi connectivity index (χ1) is 17.9. The summed E-state index contributed by atoms with van der Waals surface area (Å²) in [6, 6.07) is 27.7. The predicted molar refractivity (Wildman–Crippen MR) is 155 cm³/mol. The first-order valence-corrected chi connectivity index (χ1v) is 14.6. The van der Waals surface area contributed by atoms with Crippen LogP contribution in [0.1, 0.15) is 25.0 Å². The van der Waals surface area contributed by atoms with Gasteiger partial charge in [-0.05, 0) is 42.3 Å². The molecule has 3 aliphatic rings. The summed E-state index contributed by atoms with van der Waals surface area (Å²) in [7, 11) is -0.390. The van der Waals surface area contributed by atoms with E-state index < -0.39 is 7.36 Å². The molecule has 3 aliphatic heterocycles. The number of para-hydroxylation sites is 2. The molecule has 0 aromatic heterocycles. The molecule has 190 valence electrons. The van der Waals surface area contributed by atoms with Gasteiger partial charge in [0.2, 0.25) is 0 Å². The second-order valence-corrected chi connectivity index (χ2v) is 13.1. The number of hydrazone groups is 1. The van der Waals surface area contributed by atoms with Gasteiger partial charge in [-0.25, -0.2) is 14.2 Å². The number of aryl methyl sites for hydroxylation is 1. The van der Waals surface area contributed by atoms with Gasteiger partial charge in [-0.1, -0.05) is 68.4 Å². The van der Waals surface area contributed by atoms with Crippen molar-refractivity contribution in [3.8, 4) is 0 Å². The second-order valence-electron chi connectivity index (χ2n) is 10.3. The molecular weight excluding hydrogens is 477 g/mol. The van der Waals surface area contributed by atoms with Crippen LogP contribution in [0, 0.1) is 6.92 Å². The van der Waals surface area contributed by atoms with Gasteiger partial charge in [0.15, 0.2) is 7.36 Å². The smallest absolute Gasteiger partial charge is 0.180 e. The Hall–Kier alpha value is -3.18. The van der Waals surface area contributed by atoms with Crippen molar-refractivity contribution in [1.82, 2.24) is 4.67 Å². The minimum Gasteiger partial charge on any atom is -0.379 e. The Balaban J connectivity index is 1.70. The highest BCUT2D eigenvalue weighted by Gasteiger charge is 2.50. The third kappa shape index (κ3) is 3.78. The maximum atomic E-state index is 5.84. The fraction of sp³-hybridized carbons (Fsp3) is 0.300. The molecule has 0 N–H and O–H groups in total. The van der Waals surface area contributed by atoms with Gasteiger partial charge in [0.1, 0.15) is 0 Å². The summed E-state index contributed by atoms with van der Waals surface area (Å²) in [5.41, 5.74) is 6.90. The van der Waals surface area contributed by atoms with Gasteiger partial charge in [-0.2, -0.15) is 5.10 Å². The number of fused-ring (bicyclic) bond motifs is 1. The van der Waals surface area contributed by atoms with Crippen LogP contribution in [0.5, 0.6) is 0 Å². The number of nitrogens with zero attached hydrogens (tertiary/aromatic N) is 5. The average molecular weight is 512 g/mol. The lowest BCUT2D eigenvalue weighted by molar-refractivity contribution is 0.0743. The molecule has 37 heavy (non-hydrogen) atoms. The molecule has 3 heterocycles. The molecule has 6 nitrogen and oxygen atoms in total. The van der Waals surface area contributed by atoms with Crippen LogP contribution in [-0.2, 0) is 10.2 Å². The Morgan fingerprint density at radius 3 is 2.30 bits per heavy atom. The second kappa shape index (κ2) is 9.29. The highest BCUT2D eigenvalue weighted by atomic mass is 31.2. The third-order valence-electron chi connectivity index (χ3n) is 7.72. The molecule has 1 fully saturated rings. The van der Waals surface area contributed by atoms with E-state index in [1.54, 1.807) is 0 Å². The number of anilines is 2. The summed E-state index contributed by atoms with van der Waals surface area (Å²) in [5, 5.41) is 6.36. The van der Waals surface area contributed by atoms with Crippen molar-refractivity contribution in [2.75, 3.05) is 43.0 Å². The average Bonchev–Trinajstić information content (AvgIpc) is 3.39. The fourth-order valence-electron chi connectivity index (χ4n) is 5.90. The van der Waals surface area contributed by atoms with E-state index in [-0.39, 0.29) is 5.41 Å². The molecule has 0 amide bonds. The zero-order valence-corrected chi connectivity index (χ0v) is 22.9. The molecule has 6 rings (SSSR count). The Morgan fingerprint density at radius 2 is 1.57 bits per heavy atom. The standard InChI is InChI=1S/C30H34N5OP/c1-23-12-8-10-16-26(23)32-37(34-18-20-36-21-19-34)28(22-31-35(37)24-13-6-5-7-14-24)29-30(2,3)25-15-9-11-17-27(25)33(29)4/h5-17,22H,18-21H2,1-4H3/b29-28-. The molecule has 1 unspecified atom stereocenters. The molecular formula is C30H34N5OP. The van der Waals surface area contributed by atoms with E-state index in [9.17, 15) is 0 Å². The van der Waals surface area contributed by atoms with Crippen LogP contribution in [-0.4, -0.2) is 44.2 Å². The Labute approximate surface area is 220 Å². The fourth-order valence-corrected chi connectivity index (χ4v) is 9.78. The molecule has 1 saturated heterocycles. The molecule has 7 heteroatoms. The minimum absolute atomic E-state index is 0.196. The number of benzene rings is 3. The van der Waals surface area contributed by atoms with Crippen LogP contribution in [0.3, 0.4) is 0 Å². The number of likely N-dealkylation sites (N-methyl/N-ethyl adjacent to an activating group) is 1. The minimum atomic E-state index is -2.58. The molecule has 3 aromatic carbocycles. The van der Waals surface area contributed by atoms with Crippen molar-refractivity contribution in [2.24, 2.45) is 9.85 Å². The lowest BCUT2D eigenvalue weighted by Crippen LogP contribution is -2.38. The van der Waals surface area contributed by atoms with Gasteiger partial charge in [0.05, 0.1) is 36.1 Å². The molecule has 0 radical (unpaired) electrons. The van der Waals surface area contributed by atoms with Crippen molar-refractivity contribution < 1.29 is 4.74 Å². The topological polar surface area (TPSA) is 43.7 Å². The van der Waals surface area contributed by atoms with Crippen molar-refractivity contribution in [3.05, 3.63) is 101 Å². The molecule has 3 aromatic rings. The first kappa shape index (κ1) is 24.2. The number of hydrogen-bond acceptors (Lipinski definition) is 4. The van der Waals surface area contributed by atoms with Crippen LogP contribution in [0.25, 0.3) is 0 Å². The largest absolute Gasteiger partial charge is 0.379 e. The molecule has 0 saturated carbocycles. The van der Waals surface area contributed by atoms with Gasteiger partial charge in [-0.3, -0.25) is 0 Å². The van der Waals surface area contributed by atoms with E-state index in [0.717, 1.165) is 24.5 Å². The van der Waals surface area contributed by atoms with E-state index in [1.807, 2.05) is 0 Å². The Bertz CT molecular complexity index is 1440. The van der Waals surface area contributed by atoms with Gasteiger partial charge in [0.25, 0.3) is 0 Å². The van der Waals surface area contributed by atoms with Crippen LogP contribution in [0.4, 0.5) is 17.1 Å². The van der Waals surface area contributed by atoms with Crippen molar-refractivity contribution in [3.63, 3.8) is 0 Å². The Kier molecular flexibility index (Phi) is 6.07. The number of allylic oxidation sites excluding steroid dienone is 2. The van der Waals surface area contributed by atoms with Crippen LogP contribution < -0.4 is 9.68 Å².